The van der Waals surface area contributed by atoms with Crippen LogP contribution in [0, 0.1) is 23.0 Å². The van der Waals surface area contributed by atoms with Crippen molar-refractivity contribution in [1.29, 1.82) is 5.26 Å². The zero-order valence-electron chi connectivity index (χ0n) is 15.6. The highest BCUT2D eigenvalue weighted by Crippen LogP contribution is 2.22. The molecule has 2 aromatic rings. The van der Waals surface area contributed by atoms with Crippen molar-refractivity contribution in [3.8, 4) is 6.07 Å². The molecule has 150 valence electrons. The molecular formula is C17H19F2N5O3S. The average molecular weight is 411 g/mol. The third kappa shape index (κ3) is 4.72. The van der Waals surface area contributed by atoms with E-state index in [2.05, 4.69) is 15.6 Å². The molecule has 0 aliphatic rings. The van der Waals surface area contributed by atoms with Crippen molar-refractivity contribution in [3.63, 3.8) is 0 Å². The van der Waals surface area contributed by atoms with Gasteiger partial charge in [0.25, 0.3) is 15.9 Å². The Hall–Kier alpha value is -2.81. The fourth-order valence-corrected chi connectivity index (χ4v) is 3.35. The number of anilines is 1. The Balaban J connectivity index is 2.33. The summed E-state index contributed by atoms with van der Waals surface area (Å²) in [7, 11) is -2.97. The SMILES string of the molecule is Cn1cc(S(=O)(=O)NNC(C)(C)C)c(F)c1C(=O)Nc1ccc(F)c(C#N)c1. The fourth-order valence-electron chi connectivity index (χ4n) is 2.17. The summed E-state index contributed by atoms with van der Waals surface area (Å²) < 4.78 is 53.8. The Kier molecular flexibility index (Phi) is 5.88. The Morgan fingerprint density at radius 1 is 1.25 bits per heavy atom. The molecule has 0 spiro atoms. The van der Waals surface area contributed by atoms with Gasteiger partial charge in [-0.3, -0.25) is 4.79 Å². The molecule has 28 heavy (non-hydrogen) atoms. The first kappa shape index (κ1) is 21.5. The van der Waals surface area contributed by atoms with Gasteiger partial charge < -0.3 is 9.88 Å². The third-order valence-corrected chi connectivity index (χ3v) is 4.73. The van der Waals surface area contributed by atoms with Gasteiger partial charge in [0.05, 0.1) is 5.56 Å². The maximum atomic E-state index is 14.7. The van der Waals surface area contributed by atoms with E-state index >= 15 is 0 Å². The van der Waals surface area contributed by atoms with Gasteiger partial charge in [-0.2, -0.15) is 5.26 Å². The van der Waals surface area contributed by atoms with Crippen LogP contribution >= 0.6 is 0 Å². The Morgan fingerprint density at radius 2 is 1.89 bits per heavy atom. The molecule has 0 radical (unpaired) electrons. The summed E-state index contributed by atoms with van der Waals surface area (Å²) in [6.45, 7) is 5.11. The first-order valence-electron chi connectivity index (χ1n) is 8.00. The zero-order chi connectivity index (χ0) is 21.3. The van der Waals surface area contributed by atoms with Gasteiger partial charge in [0.15, 0.2) is 5.82 Å². The highest BCUT2D eigenvalue weighted by Gasteiger charge is 2.29. The lowest BCUT2D eigenvalue weighted by Gasteiger charge is -2.20. The molecule has 0 bridgehead atoms. The van der Waals surface area contributed by atoms with Crippen LogP contribution in [0.2, 0.25) is 0 Å². The predicted octanol–water partition coefficient (Wildman–Crippen LogP) is 2.01. The average Bonchev–Trinajstić information content (AvgIpc) is 2.89. The lowest BCUT2D eigenvalue weighted by atomic mass is 10.1. The van der Waals surface area contributed by atoms with E-state index in [0.29, 0.717) is 0 Å². The second-order valence-corrected chi connectivity index (χ2v) is 8.66. The molecule has 0 aliphatic carbocycles. The molecule has 8 nitrogen and oxygen atoms in total. The number of nitrogens with zero attached hydrogens (tertiary/aromatic N) is 2. The predicted molar refractivity (Wildman–Crippen MR) is 97.6 cm³/mol. The first-order chi connectivity index (χ1) is 12.9. The highest BCUT2D eigenvalue weighted by molar-refractivity contribution is 7.89. The van der Waals surface area contributed by atoms with E-state index in [-0.39, 0.29) is 11.3 Å². The summed E-state index contributed by atoms with van der Waals surface area (Å²) in [5, 5.41) is 11.2. The second kappa shape index (κ2) is 7.67. The lowest BCUT2D eigenvalue weighted by molar-refractivity contribution is 0.101. The van der Waals surface area contributed by atoms with Gasteiger partial charge in [0.2, 0.25) is 0 Å². The fraction of sp³-hybridized carbons (Fsp3) is 0.294. The molecule has 3 N–H and O–H groups in total. The van der Waals surface area contributed by atoms with Gasteiger partial charge >= 0.3 is 0 Å². The molecule has 0 atom stereocenters. The van der Waals surface area contributed by atoms with Crippen LogP contribution in [0.25, 0.3) is 0 Å². The van der Waals surface area contributed by atoms with E-state index in [0.717, 1.165) is 22.9 Å². The normalized spacial score (nSPS) is 11.9. The Morgan fingerprint density at radius 3 is 2.46 bits per heavy atom. The summed E-state index contributed by atoms with van der Waals surface area (Å²) >= 11 is 0. The number of nitriles is 1. The van der Waals surface area contributed by atoms with Crippen molar-refractivity contribution in [2.75, 3.05) is 5.32 Å². The monoisotopic (exact) mass is 411 g/mol. The van der Waals surface area contributed by atoms with Crippen LogP contribution in [0.1, 0.15) is 36.8 Å². The van der Waals surface area contributed by atoms with Crippen molar-refractivity contribution in [2.45, 2.75) is 31.2 Å². The van der Waals surface area contributed by atoms with E-state index in [4.69, 9.17) is 5.26 Å². The highest BCUT2D eigenvalue weighted by atomic mass is 32.2. The van der Waals surface area contributed by atoms with Crippen molar-refractivity contribution in [1.82, 2.24) is 14.8 Å². The molecular weight excluding hydrogens is 392 g/mol. The molecule has 1 heterocycles. The largest absolute Gasteiger partial charge is 0.343 e. The number of benzene rings is 1. The van der Waals surface area contributed by atoms with Crippen molar-refractivity contribution in [3.05, 3.63) is 47.3 Å². The molecule has 0 saturated carbocycles. The number of halogens is 2. The maximum Gasteiger partial charge on any atom is 0.275 e. The van der Waals surface area contributed by atoms with E-state index in [9.17, 15) is 22.0 Å². The summed E-state index contributed by atoms with van der Waals surface area (Å²) in [4.78, 5) is 13.8. The smallest absolute Gasteiger partial charge is 0.275 e. The number of hydrazine groups is 1. The number of hydrogen-bond donors (Lipinski definition) is 3. The van der Waals surface area contributed by atoms with Crippen LogP contribution in [-0.2, 0) is 17.1 Å². The number of hydrogen-bond acceptors (Lipinski definition) is 5. The molecule has 0 aliphatic heterocycles. The van der Waals surface area contributed by atoms with Crippen LogP contribution in [-0.4, -0.2) is 24.4 Å². The molecule has 0 fully saturated rings. The number of carbonyl (C=O) groups excluding carboxylic acids is 1. The van der Waals surface area contributed by atoms with Crippen LogP contribution in [0.5, 0.6) is 0 Å². The van der Waals surface area contributed by atoms with Gasteiger partial charge in [0, 0.05) is 24.5 Å². The molecule has 0 unspecified atom stereocenters. The van der Waals surface area contributed by atoms with Gasteiger partial charge in [-0.15, -0.1) is 4.83 Å². The second-order valence-electron chi connectivity index (χ2n) is 7.01. The maximum absolute atomic E-state index is 14.7. The minimum atomic E-state index is -4.28. The molecule has 1 aromatic heterocycles. The summed E-state index contributed by atoms with van der Waals surface area (Å²) in [5.74, 6) is -2.97. The third-order valence-electron chi connectivity index (χ3n) is 3.50. The Labute approximate surface area is 161 Å². The molecule has 11 heteroatoms. The lowest BCUT2D eigenvalue weighted by Crippen LogP contribution is -2.48. The number of aryl methyl sites for hydroxylation is 1. The van der Waals surface area contributed by atoms with Gasteiger partial charge in [-0.25, -0.2) is 22.6 Å². The van der Waals surface area contributed by atoms with E-state index < -0.39 is 43.7 Å². The number of sulfonamides is 1. The Bertz CT molecular complexity index is 1070. The molecule has 2 rings (SSSR count). The number of rotatable bonds is 5. The van der Waals surface area contributed by atoms with E-state index in [1.165, 1.54) is 13.1 Å². The van der Waals surface area contributed by atoms with Crippen molar-refractivity contribution in [2.24, 2.45) is 7.05 Å². The summed E-state index contributed by atoms with van der Waals surface area (Å²) in [5.41, 5.74) is 1.12. The first-order valence-corrected chi connectivity index (χ1v) is 9.49. The molecule has 1 aromatic carbocycles. The summed E-state index contributed by atoms with van der Waals surface area (Å²) in [6.07, 6.45) is 0.961. The number of amides is 1. The van der Waals surface area contributed by atoms with Gasteiger partial charge in [-0.05, 0) is 39.0 Å². The van der Waals surface area contributed by atoms with Gasteiger partial charge in [0.1, 0.15) is 22.5 Å². The minimum absolute atomic E-state index is 0.0560. The quantitative estimate of drug-likeness (QED) is 0.651. The van der Waals surface area contributed by atoms with Crippen LogP contribution in [0.3, 0.4) is 0 Å². The summed E-state index contributed by atoms with van der Waals surface area (Å²) in [6, 6.07) is 4.88. The van der Waals surface area contributed by atoms with E-state index in [1.54, 1.807) is 26.8 Å². The van der Waals surface area contributed by atoms with Crippen LogP contribution < -0.4 is 15.6 Å². The van der Waals surface area contributed by atoms with Crippen LogP contribution in [0.4, 0.5) is 14.5 Å². The van der Waals surface area contributed by atoms with Crippen molar-refractivity contribution < 1.29 is 22.0 Å². The standard InChI is InChI=1S/C17H19F2N5O3S/c1-17(2,3)22-23-28(26,27)13-9-24(4)15(14(13)19)16(25)21-11-5-6-12(18)10(7-11)8-20/h5-7,9,22-23H,1-4H3,(H,21,25). The zero-order valence-corrected chi connectivity index (χ0v) is 16.4. The molecule has 0 saturated heterocycles. The number of aromatic nitrogens is 1. The van der Waals surface area contributed by atoms with E-state index in [1.807, 2.05) is 0 Å². The number of carbonyl (C=O) groups is 1. The van der Waals surface area contributed by atoms with Gasteiger partial charge in [-0.1, -0.05) is 0 Å². The topological polar surface area (TPSA) is 116 Å². The minimum Gasteiger partial charge on any atom is -0.343 e. The van der Waals surface area contributed by atoms with Crippen molar-refractivity contribution >= 4 is 21.6 Å². The van der Waals surface area contributed by atoms with Crippen LogP contribution in [0.15, 0.2) is 29.3 Å². The molecule has 1 amide bonds. The number of nitrogens with one attached hydrogen (secondary N) is 3.